The van der Waals surface area contributed by atoms with E-state index in [-0.39, 0.29) is 11.9 Å². The van der Waals surface area contributed by atoms with E-state index in [9.17, 15) is 4.39 Å². The van der Waals surface area contributed by atoms with Crippen molar-refractivity contribution < 1.29 is 4.39 Å². The van der Waals surface area contributed by atoms with Crippen molar-refractivity contribution in [3.05, 3.63) is 65.2 Å². The molecule has 0 amide bonds. The van der Waals surface area contributed by atoms with E-state index in [0.29, 0.717) is 0 Å². The highest BCUT2D eigenvalue weighted by atomic mass is 19.1. The van der Waals surface area contributed by atoms with Crippen LogP contribution >= 0.6 is 0 Å². The number of halogens is 1. The number of benzene rings is 1. The second-order valence-electron chi connectivity index (χ2n) is 4.70. The van der Waals surface area contributed by atoms with Crippen LogP contribution in [0.3, 0.4) is 0 Å². The van der Waals surface area contributed by atoms with Gasteiger partial charge >= 0.3 is 0 Å². The molecule has 100 valence electrons. The normalized spacial score (nSPS) is 12.4. The Morgan fingerprint density at radius 3 is 2.58 bits per heavy atom. The number of pyridine rings is 1. The van der Waals surface area contributed by atoms with E-state index in [1.54, 1.807) is 18.5 Å². The lowest BCUT2D eigenvalue weighted by atomic mass is 9.97. The molecule has 0 saturated carbocycles. The lowest BCUT2D eigenvalue weighted by Crippen LogP contribution is -2.38. The van der Waals surface area contributed by atoms with E-state index in [4.69, 9.17) is 5.84 Å². The second kappa shape index (κ2) is 6.41. The van der Waals surface area contributed by atoms with Crippen molar-refractivity contribution in [3.8, 4) is 0 Å². The van der Waals surface area contributed by atoms with Crippen molar-refractivity contribution in [1.82, 2.24) is 10.4 Å². The fourth-order valence-corrected chi connectivity index (χ4v) is 2.15. The molecule has 0 fully saturated rings. The zero-order valence-corrected chi connectivity index (χ0v) is 10.9. The first-order valence-electron chi connectivity index (χ1n) is 6.29. The van der Waals surface area contributed by atoms with Crippen molar-refractivity contribution in [3.63, 3.8) is 0 Å². The highest BCUT2D eigenvalue weighted by Crippen LogP contribution is 2.14. The second-order valence-corrected chi connectivity index (χ2v) is 4.70. The topological polar surface area (TPSA) is 50.9 Å². The number of aryl methyl sites for hydroxylation is 1. The average molecular weight is 259 g/mol. The minimum atomic E-state index is -0.201. The van der Waals surface area contributed by atoms with E-state index in [1.807, 2.05) is 25.1 Å². The van der Waals surface area contributed by atoms with E-state index in [2.05, 4.69) is 10.4 Å². The minimum absolute atomic E-state index is 0.117. The summed E-state index contributed by atoms with van der Waals surface area (Å²) in [6.45, 7) is 1.92. The summed E-state index contributed by atoms with van der Waals surface area (Å²) >= 11 is 0. The van der Waals surface area contributed by atoms with Crippen molar-refractivity contribution in [2.45, 2.75) is 25.8 Å². The van der Waals surface area contributed by atoms with Gasteiger partial charge in [0, 0.05) is 18.4 Å². The molecule has 19 heavy (non-hydrogen) atoms. The SMILES string of the molecule is Cc1cc(F)ccc1CC(Cc1ccncc1)NN. The summed E-state index contributed by atoms with van der Waals surface area (Å²) in [5, 5.41) is 0. The average Bonchev–Trinajstić information content (AvgIpc) is 2.42. The molecule has 0 aliphatic carbocycles. The van der Waals surface area contributed by atoms with E-state index >= 15 is 0 Å². The van der Waals surface area contributed by atoms with Gasteiger partial charge in [0.15, 0.2) is 0 Å². The van der Waals surface area contributed by atoms with Gasteiger partial charge < -0.3 is 0 Å². The maximum absolute atomic E-state index is 13.1. The molecular formula is C15H18FN3. The van der Waals surface area contributed by atoms with Gasteiger partial charge in [-0.1, -0.05) is 6.07 Å². The third kappa shape index (κ3) is 3.84. The first-order valence-corrected chi connectivity index (χ1v) is 6.29. The number of nitrogens with two attached hydrogens (primary N) is 1. The summed E-state index contributed by atoms with van der Waals surface area (Å²) in [6.07, 6.45) is 5.12. The van der Waals surface area contributed by atoms with Gasteiger partial charge in [-0.3, -0.25) is 16.3 Å². The number of hydrogen-bond donors (Lipinski definition) is 2. The van der Waals surface area contributed by atoms with Gasteiger partial charge in [-0.15, -0.1) is 0 Å². The van der Waals surface area contributed by atoms with Gasteiger partial charge in [-0.05, 0) is 60.7 Å². The zero-order valence-electron chi connectivity index (χ0n) is 10.9. The van der Waals surface area contributed by atoms with Gasteiger partial charge in [0.1, 0.15) is 5.82 Å². The Balaban J connectivity index is 2.06. The smallest absolute Gasteiger partial charge is 0.123 e. The van der Waals surface area contributed by atoms with Crippen LogP contribution < -0.4 is 11.3 Å². The third-order valence-electron chi connectivity index (χ3n) is 3.24. The van der Waals surface area contributed by atoms with Crippen LogP contribution in [-0.4, -0.2) is 11.0 Å². The van der Waals surface area contributed by atoms with Crippen LogP contribution in [0.15, 0.2) is 42.7 Å². The molecule has 1 unspecified atom stereocenters. The Morgan fingerprint density at radius 2 is 1.95 bits per heavy atom. The fraction of sp³-hybridized carbons (Fsp3) is 0.267. The van der Waals surface area contributed by atoms with Crippen LogP contribution in [0, 0.1) is 12.7 Å². The molecule has 0 bridgehead atoms. The molecule has 0 radical (unpaired) electrons. The molecule has 1 aromatic carbocycles. The van der Waals surface area contributed by atoms with Crippen molar-refractivity contribution in [1.29, 1.82) is 0 Å². The molecule has 0 aliphatic heterocycles. The minimum Gasteiger partial charge on any atom is -0.271 e. The van der Waals surface area contributed by atoms with Crippen molar-refractivity contribution in [2.24, 2.45) is 5.84 Å². The zero-order chi connectivity index (χ0) is 13.7. The Hall–Kier alpha value is -1.78. The summed E-state index contributed by atoms with van der Waals surface area (Å²) in [5.41, 5.74) is 6.07. The maximum atomic E-state index is 13.1. The largest absolute Gasteiger partial charge is 0.271 e. The quantitative estimate of drug-likeness (QED) is 0.639. The molecule has 3 N–H and O–H groups in total. The molecule has 2 rings (SSSR count). The highest BCUT2D eigenvalue weighted by molar-refractivity contribution is 5.27. The molecule has 1 aromatic heterocycles. The molecule has 1 heterocycles. The van der Waals surface area contributed by atoms with Gasteiger partial charge in [-0.2, -0.15) is 0 Å². The van der Waals surface area contributed by atoms with Crippen LogP contribution in [0.5, 0.6) is 0 Å². The maximum Gasteiger partial charge on any atom is 0.123 e. The number of hydrogen-bond acceptors (Lipinski definition) is 3. The van der Waals surface area contributed by atoms with Crippen LogP contribution in [0.4, 0.5) is 4.39 Å². The first-order chi connectivity index (χ1) is 9.19. The highest BCUT2D eigenvalue weighted by Gasteiger charge is 2.10. The van der Waals surface area contributed by atoms with Gasteiger partial charge in [0.2, 0.25) is 0 Å². The molecule has 0 aliphatic rings. The number of nitrogens with one attached hydrogen (secondary N) is 1. The number of aromatic nitrogens is 1. The third-order valence-corrected chi connectivity index (χ3v) is 3.24. The van der Waals surface area contributed by atoms with Gasteiger partial charge in [-0.25, -0.2) is 4.39 Å². The fourth-order valence-electron chi connectivity index (χ4n) is 2.15. The Morgan fingerprint density at radius 1 is 1.21 bits per heavy atom. The molecular weight excluding hydrogens is 241 g/mol. The summed E-state index contributed by atoms with van der Waals surface area (Å²) in [4.78, 5) is 3.99. The molecule has 0 saturated heterocycles. The summed E-state index contributed by atoms with van der Waals surface area (Å²) < 4.78 is 13.1. The predicted molar refractivity (Wildman–Crippen MR) is 73.9 cm³/mol. The Kier molecular flexibility index (Phi) is 4.60. The molecule has 1 atom stereocenters. The van der Waals surface area contributed by atoms with Crippen molar-refractivity contribution >= 4 is 0 Å². The monoisotopic (exact) mass is 259 g/mol. The number of rotatable bonds is 5. The lowest BCUT2D eigenvalue weighted by molar-refractivity contribution is 0.520. The van der Waals surface area contributed by atoms with E-state index in [0.717, 1.165) is 24.0 Å². The Bertz CT molecular complexity index is 528. The lowest BCUT2D eigenvalue weighted by Gasteiger charge is -2.17. The standard InChI is InChI=1S/C15H18FN3/c1-11-8-14(16)3-2-13(11)10-15(19-17)9-12-4-6-18-7-5-12/h2-8,15,19H,9-10,17H2,1H3. The summed E-state index contributed by atoms with van der Waals surface area (Å²) in [5.74, 6) is 5.41. The van der Waals surface area contributed by atoms with Gasteiger partial charge in [0.25, 0.3) is 0 Å². The molecule has 3 nitrogen and oxygen atoms in total. The van der Waals surface area contributed by atoms with Crippen LogP contribution in [0.25, 0.3) is 0 Å². The summed E-state index contributed by atoms with van der Waals surface area (Å²) in [6, 6.07) is 8.93. The Labute approximate surface area is 112 Å². The van der Waals surface area contributed by atoms with E-state index in [1.165, 1.54) is 11.6 Å². The number of hydrazine groups is 1. The van der Waals surface area contributed by atoms with Crippen LogP contribution in [0.2, 0.25) is 0 Å². The summed E-state index contributed by atoms with van der Waals surface area (Å²) in [7, 11) is 0. The predicted octanol–water partition coefficient (Wildman–Crippen LogP) is 2.15. The van der Waals surface area contributed by atoms with Gasteiger partial charge in [0.05, 0.1) is 0 Å². The van der Waals surface area contributed by atoms with E-state index < -0.39 is 0 Å². The van der Waals surface area contributed by atoms with Crippen LogP contribution in [0.1, 0.15) is 16.7 Å². The molecule has 2 aromatic rings. The van der Waals surface area contributed by atoms with Crippen molar-refractivity contribution in [2.75, 3.05) is 0 Å². The molecule has 0 spiro atoms. The first kappa shape index (κ1) is 13.6. The van der Waals surface area contributed by atoms with Crippen LogP contribution in [-0.2, 0) is 12.8 Å². The molecule has 4 heteroatoms. The number of nitrogens with zero attached hydrogens (tertiary/aromatic N) is 1.